The number of aromatic nitrogens is 1. The second kappa shape index (κ2) is 5.23. The van der Waals surface area contributed by atoms with Gasteiger partial charge in [0.25, 0.3) is 0 Å². The summed E-state index contributed by atoms with van der Waals surface area (Å²) in [5.74, 6) is -0.118. The molecule has 4 heteroatoms. The van der Waals surface area contributed by atoms with E-state index in [1.54, 1.807) is 30.3 Å². The molecule has 0 radical (unpaired) electrons. The number of pyridine rings is 1. The van der Waals surface area contributed by atoms with Crippen LogP contribution in [0, 0.1) is 0 Å². The van der Waals surface area contributed by atoms with E-state index < -0.39 is 0 Å². The molecule has 0 N–H and O–H groups in total. The normalized spacial score (nSPS) is 10.7. The zero-order chi connectivity index (χ0) is 14.1. The van der Waals surface area contributed by atoms with E-state index in [0.29, 0.717) is 26.8 Å². The van der Waals surface area contributed by atoms with Crippen molar-refractivity contribution < 1.29 is 4.79 Å². The maximum Gasteiger partial charge on any atom is 0.193 e. The van der Waals surface area contributed by atoms with Crippen LogP contribution in [-0.2, 0) is 0 Å². The van der Waals surface area contributed by atoms with E-state index in [-0.39, 0.29) is 5.78 Å². The average molecular weight is 302 g/mol. The minimum Gasteiger partial charge on any atom is -0.289 e. The van der Waals surface area contributed by atoms with Crippen LogP contribution in [0.25, 0.3) is 10.9 Å². The number of nitrogens with zero attached hydrogens (tertiary/aromatic N) is 1. The number of hydrogen-bond acceptors (Lipinski definition) is 2. The Bertz CT molecular complexity index is 814. The number of para-hydroxylation sites is 1. The summed E-state index contributed by atoms with van der Waals surface area (Å²) in [4.78, 5) is 16.8. The number of fused-ring (bicyclic) bond motifs is 1. The molecule has 3 aromatic rings. The maximum atomic E-state index is 12.6. The summed E-state index contributed by atoms with van der Waals surface area (Å²) >= 11 is 11.9. The molecule has 2 nitrogen and oxygen atoms in total. The standard InChI is InChI=1S/C16H9Cl2NO/c17-11-5-3-4-10(8-11)16(20)13-9-15(18)19-14-7-2-1-6-12(13)14/h1-9H. The van der Waals surface area contributed by atoms with Crippen LogP contribution < -0.4 is 0 Å². The first-order valence-corrected chi connectivity index (χ1v) is 6.76. The Balaban J connectivity index is 2.21. The number of benzene rings is 2. The van der Waals surface area contributed by atoms with Crippen molar-refractivity contribution in [2.45, 2.75) is 0 Å². The molecule has 0 fully saturated rings. The fourth-order valence-electron chi connectivity index (χ4n) is 2.12. The van der Waals surface area contributed by atoms with E-state index in [1.165, 1.54) is 0 Å². The van der Waals surface area contributed by atoms with Gasteiger partial charge in [-0.05, 0) is 24.3 Å². The fraction of sp³-hybridized carbons (Fsp3) is 0. The minimum atomic E-state index is -0.118. The van der Waals surface area contributed by atoms with Crippen LogP contribution in [0.4, 0.5) is 0 Å². The van der Waals surface area contributed by atoms with Gasteiger partial charge in [0.2, 0.25) is 0 Å². The van der Waals surface area contributed by atoms with Crippen molar-refractivity contribution in [2.75, 3.05) is 0 Å². The van der Waals surface area contributed by atoms with Crippen LogP contribution in [0.1, 0.15) is 15.9 Å². The van der Waals surface area contributed by atoms with Gasteiger partial charge < -0.3 is 0 Å². The summed E-state index contributed by atoms with van der Waals surface area (Å²) in [7, 11) is 0. The zero-order valence-electron chi connectivity index (χ0n) is 10.3. The number of rotatable bonds is 2. The lowest BCUT2D eigenvalue weighted by atomic mass is 10.00. The summed E-state index contributed by atoms with van der Waals surface area (Å²) in [6.07, 6.45) is 0. The SMILES string of the molecule is O=C(c1cccc(Cl)c1)c1cc(Cl)nc2ccccc12. The van der Waals surface area contributed by atoms with Gasteiger partial charge in [-0.15, -0.1) is 0 Å². The molecular formula is C16H9Cl2NO. The van der Waals surface area contributed by atoms with Crippen LogP contribution in [0.5, 0.6) is 0 Å². The molecule has 0 aliphatic rings. The first kappa shape index (κ1) is 13.1. The van der Waals surface area contributed by atoms with Gasteiger partial charge in [-0.2, -0.15) is 0 Å². The molecule has 0 aliphatic carbocycles. The Morgan fingerprint density at radius 2 is 1.75 bits per heavy atom. The fourth-order valence-corrected chi connectivity index (χ4v) is 2.51. The van der Waals surface area contributed by atoms with Crippen molar-refractivity contribution in [3.05, 3.63) is 75.9 Å². The number of hydrogen-bond donors (Lipinski definition) is 0. The molecule has 3 rings (SSSR count). The van der Waals surface area contributed by atoms with Gasteiger partial charge in [-0.25, -0.2) is 4.98 Å². The Hall–Kier alpha value is -1.90. The molecular weight excluding hydrogens is 293 g/mol. The quantitative estimate of drug-likeness (QED) is 0.504. The number of carbonyl (C=O) groups is 1. The van der Waals surface area contributed by atoms with E-state index in [1.807, 2.05) is 24.3 Å². The zero-order valence-corrected chi connectivity index (χ0v) is 11.8. The monoisotopic (exact) mass is 301 g/mol. The molecule has 0 aliphatic heterocycles. The Morgan fingerprint density at radius 1 is 0.950 bits per heavy atom. The molecule has 0 bridgehead atoms. The number of halogens is 2. The Kier molecular flexibility index (Phi) is 3.43. The smallest absolute Gasteiger partial charge is 0.193 e. The summed E-state index contributed by atoms with van der Waals surface area (Å²) in [6.45, 7) is 0. The van der Waals surface area contributed by atoms with Crippen molar-refractivity contribution in [1.29, 1.82) is 0 Å². The lowest BCUT2D eigenvalue weighted by Gasteiger charge is -2.06. The third kappa shape index (κ3) is 2.40. The van der Waals surface area contributed by atoms with Crippen LogP contribution in [0.2, 0.25) is 10.2 Å². The summed E-state index contributed by atoms with van der Waals surface area (Å²) in [5.41, 5.74) is 1.76. The molecule has 1 heterocycles. The van der Waals surface area contributed by atoms with Crippen LogP contribution in [0.15, 0.2) is 54.6 Å². The number of carbonyl (C=O) groups excluding carboxylic acids is 1. The summed E-state index contributed by atoms with van der Waals surface area (Å²) in [6, 6.07) is 15.9. The molecule has 0 unspecified atom stereocenters. The highest BCUT2D eigenvalue weighted by Crippen LogP contribution is 2.24. The molecule has 20 heavy (non-hydrogen) atoms. The molecule has 2 aromatic carbocycles. The van der Waals surface area contributed by atoms with Gasteiger partial charge in [-0.3, -0.25) is 4.79 Å². The van der Waals surface area contributed by atoms with E-state index in [9.17, 15) is 4.79 Å². The molecule has 0 saturated carbocycles. The molecule has 98 valence electrons. The van der Waals surface area contributed by atoms with Crippen LogP contribution >= 0.6 is 23.2 Å². The summed E-state index contributed by atoms with van der Waals surface area (Å²) in [5, 5.41) is 1.61. The predicted octanol–water partition coefficient (Wildman–Crippen LogP) is 4.77. The van der Waals surface area contributed by atoms with E-state index in [2.05, 4.69) is 4.98 Å². The van der Waals surface area contributed by atoms with Gasteiger partial charge in [0.1, 0.15) is 5.15 Å². The average Bonchev–Trinajstić information content (AvgIpc) is 2.45. The van der Waals surface area contributed by atoms with Gasteiger partial charge in [0.05, 0.1) is 5.52 Å². The Labute approximate surface area is 126 Å². The van der Waals surface area contributed by atoms with E-state index >= 15 is 0 Å². The van der Waals surface area contributed by atoms with Crippen molar-refractivity contribution in [2.24, 2.45) is 0 Å². The topological polar surface area (TPSA) is 30.0 Å². The predicted molar refractivity (Wildman–Crippen MR) is 81.6 cm³/mol. The lowest BCUT2D eigenvalue weighted by molar-refractivity contribution is 0.104. The molecule has 0 saturated heterocycles. The van der Waals surface area contributed by atoms with Gasteiger partial charge in [0.15, 0.2) is 5.78 Å². The highest BCUT2D eigenvalue weighted by atomic mass is 35.5. The van der Waals surface area contributed by atoms with Crippen molar-refractivity contribution in [3.63, 3.8) is 0 Å². The molecule has 1 aromatic heterocycles. The third-order valence-corrected chi connectivity index (χ3v) is 3.45. The molecule has 0 spiro atoms. The van der Waals surface area contributed by atoms with E-state index in [4.69, 9.17) is 23.2 Å². The second-order valence-electron chi connectivity index (χ2n) is 4.35. The van der Waals surface area contributed by atoms with E-state index in [0.717, 1.165) is 5.39 Å². The molecule has 0 amide bonds. The summed E-state index contributed by atoms with van der Waals surface area (Å²) < 4.78 is 0. The minimum absolute atomic E-state index is 0.118. The Morgan fingerprint density at radius 3 is 2.55 bits per heavy atom. The second-order valence-corrected chi connectivity index (χ2v) is 5.17. The van der Waals surface area contributed by atoms with Gasteiger partial charge in [0, 0.05) is 21.5 Å². The van der Waals surface area contributed by atoms with Crippen LogP contribution in [-0.4, -0.2) is 10.8 Å². The maximum absolute atomic E-state index is 12.6. The third-order valence-electron chi connectivity index (χ3n) is 3.02. The number of ketones is 1. The van der Waals surface area contributed by atoms with Crippen LogP contribution in [0.3, 0.4) is 0 Å². The highest BCUT2D eigenvalue weighted by molar-refractivity contribution is 6.32. The first-order chi connectivity index (χ1) is 9.65. The van der Waals surface area contributed by atoms with Gasteiger partial charge in [-0.1, -0.05) is 53.5 Å². The highest BCUT2D eigenvalue weighted by Gasteiger charge is 2.14. The van der Waals surface area contributed by atoms with Gasteiger partial charge >= 0.3 is 0 Å². The largest absolute Gasteiger partial charge is 0.289 e. The van der Waals surface area contributed by atoms with Crippen molar-refractivity contribution in [3.8, 4) is 0 Å². The van der Waals surface area contributed by atoms with Crippen molar-refractivity contribution in [1.82, 2.24) is 4.98 Å². The first-order valence-electron chi connectivity index (χ1n) is 6.01. The lowest BCUT2D eigenvalue weighted by Crippen LogP contribution is -2.03. The molecule has 0 atom stereocenters. The van der Waals surface area contributed by atoms with Crippen molar-refractivity contribution >= 4 is 39.9 Å².